The molecule has 3 nitrogen and oxygen atoms in total. The summed E-state index contributed by atoms with van der Waals surface area (Å²) < 4.78 is 18.4. The van der Waals surface area contributed by atoms with Gasteiger partial charge in [-0.2, -0.15) is 0 Å². The summed E-state index contributed by atoms with van der Waals surface area (Å²) in [5.41, 5.74) is 1.12. The van der Waals surface area contributed by atoms with Crippen molar-refractivity contribution >= 4 is 27.5 Å². The van der Waals surface area contributed by atoms with Crippen LogP contribution in [-0.2, 0) is 4.74 Å². The van der Waals surface area contributed by atoms with E-state index in [-0.39, 0.29) is 6.10 Å². The molecule has 20 heavy (non-hydrogen) atoms. The summed E-state index contributed by atoms with van der Waals surface area (Å²) in [7, 11) is 0. The average Bonchev–Trinajstić information content (AvgIpc) is 2.73. The quantitative estimate of drug-likeness (QED) is 0.734. The van der Waals surface area contributed by atoms with E-state index in [1.54, 1.807) is 0 Å². The summed E-state index contributed by atoms with van der Waals surface area (Å²) in [5, 5.41) is 0. The van der Waals surface area contributed by atoms with Gasteiger partial charge in [-0.15, -0.1) is 11.6 Å². The molecule has 3 rings (SSSR count). The highest BCUT2D eigenvalue weighted by Gasteiger charge is 2.28. The van der Waals surface area contributed by atoms with Gasteiger partial charge in [-0.1, -0.05) is 0 Å². The maximum Gasteiger partial charge on any atom is 0.175 e. The molecule has 2 unspecified atom stereocenters. The second kappa shape index (κ2) is 6.54. The first-order valence-corrected chi connectivity index (χ1v) is 8.39. The van der Waals surface area contributed by atoms with E-state index in [1.165, 1.54) is 0 Å². The van der Waals surface area contributed by atoms with Gasteiger partial charge in [-0.25, -0.2) is 0 Å². The predicted octanol–water partition coefficient (Wildman–Crippen LogP) is 4.32. The highest BCUT2D eigenvalue weighted by Crippen LogP contribution is 2.43. The van der Waals surface area contributed by atoms with Crippen LogP contribution in [0.25, 0.3) is 0 Å². The van der Waals surface area contributed by atoms with E-state index < -0.39 is 0 Å². The normalized spacial score (nSPS) is 26.1. The van der Waals surface area contributed by atoms with Gasteiger partial charge >= 0.3 is 0 Å². The molecule has 0 aliphatic carbocycles. The topological polar surface area (TPSA) is 27.7 Å². The van der Waals surface area contributed by atoms with Crippen LogP contribution in [0.1, 0.15) is 30.9 Å². The van der Waals surface area contributed by atoms with E-state index in [2.05, 4.69) is 22.0 Å². The van der Waals surface area contributed by atoms with Gasteiger partial charge in [0.05, 0.1) is 23.8 Å². The first-order valence-electron chi connectivity index (χ1n) is 7.06. The fraction of sp³-hybridized carbons (Fsp3) is 0.600. The van der Waals surface area contributed by atoms with Gasteiger partial charge in [0.2, 0.25) is 0 Å². The Hall–Kier alpha value is -0.450. The van der Waals surface area contributed by atoms with Gasteiger partial charge in [-0.3, -0.25) is 0 Å². The molecule has 1 aromatic carbocycles. The van der Waals surface area contributed by atoms with Crippen molar-refractivity contribution < 1.29 is 14.2 Å². The number of halogens is 2. The molecular formula is C15H18BrClO3. The van der Waals surface area contributed by atoms with Gasteiger partial charge in [0, 0.05) is 24.8 Å². The molecule has 2 aliphatic rings. The molecule has 0 spiro atoms. The van der Waals surface area contributed by atoms with Gasteiger partial charge in [0.15, 0.2) is 11.5 Å². The van der Waals surface area contributed by atoms with Crippen molar-refractivity contribution in [2.45, 2.75) is 25.4 Å². The molecule has 110 valence electrons. The molecule has 0 bridgehead atoms. The minimum absolute atomic E-state index is 0.0507. The van der Waals surface area contributed by atoms with Crippen molar-refractivity contribution in [2.24, 2.45) is 5.92 Å². The highest BCUT2D eigenvalue weighted by molar-refractivity contribution is 9.10. The molecule has 1 fully saturated rings. The number of hydrogen-bond donors (Lipinski definition) is 0. The standard InChI is InChI=1S/C15H18BrClO3/c16-12-7-11(14-10(9-17)3-1-4-19-14)8-13-15(12)20-6-2-5-18-13/h7-8,10,14H,1-6,9H2. The van der Waals surface area contributed by atoms with Crippen molar-refractivity contribution in [2.75, 3.05) is 25.7 Å². The molecule has 2 heterocycles. The van der Waals surface area contributed by atoms with Crippen LogP contribution >= 0.6 is 27.5 Å². The van der Waals surface area contributed by atoms with Gasteiger partial charge in [0.1, 0.15) is 0 Å². The Morgan fingerprint density at radius 2 is 2.00 bits per heavy atom. The molecular weight excluding hydrogens is 344 g/mol. The third kappa shape index (κ3) is 2.92. The van der Waals surface area contributed by atoms with Crippen LogP contribution in [-0.4, -0.2) is 25.7 Å². The lowest BCUT2D eigenvalue weighted by molar-refractivity contribution is -0.0209. The number of alkyl halides is 1. The molecule has 0 N–H and O–H groups in total. The molecule has 0 radical (unpaired) electrons. The van der Waals surface area contributed by atoms with E-state index >= 15 is 0 Å². The SMILES string of the molecule is ClCC1CCCOC1c1cc(Br)c2c(c1)OCCCO2. The number of benzene rings is 1. The van der Waals surface area contributed by atoms with E-state index in [0.717, 1.165) is 47.4 Å². The fourth-order valence-corrected chi connectivity index (χ4v) is 3.68. The largest absolute Gasteiger partial charge is 0.490 e. The second-order valence-electron chi connectivity index (χ2n) is 5.23. The molecule has 1 aromatic rings. The third-order valence-electron chi connectivity index (χ3n) is 3.80. The molecule has 5 heteroatoms. The lowest BCUT2D eigenvalue weighted by atomic mass is 9.91. The van der Waals surface area contributed by atoms with E-state index in [0.29, 0.717) is 25.0 Å². The van der Waals surface area contributed by atoms with E-state index in [1.807, 2.05) is 6.07 Å². The summed E-state index contributed by atoms with van der Waals surface area (Å²) in [6, 6.07) is 4.12. The van der Waals surface area contributed by atoms with Crippen LogP contribution in [0, 0.1) is 5.92 Å². The van der Waals surface area contributed by atoms with E-state index in [9.17, 15) is 0 Å². The van der Waals surface area contributed by atoms with Crippen LogP contribution in [0.15, 0.2) is 16.6 Å². The zero-order valence-electron chi connectivity index (χ0n) is 11.2. The lowest BCUT2D eigenvalue weighted by Gasteiger charge is -2.31. The number of ether oxygens (including phenoxy) is 3. The lowest BCUT2D eigenvalue weighted by Crippen LogP contribution is -2.23. The minimum atomic E-state index is 0.0507. The highest BCUT2D eigenvalue weighted by atomic mass is 79.9. The Bertz CT molecular complexity index is 480. The zero-order valence-corrected chi connectivity index (χ0v) is 13.6. The molecule has 2 aliphatic heterocycles. The zero-order chi connectivity index (χ0) is 13.9. The van der Waals surface area contributed by atoms with Crippen molar-refractivity contribution in [1.29, 1.82) is 0 Å². The van der Waals surface area contributed by atoms with E-state index in [4.69, 9.17) is 25.8 Å². The summed E-state index contributed by atoms with van der Waals surface area (Å²) >= 11 is 9.67. The first-order chi connectivity index (χ1) is 9.79. The summed E-state index contributed by atoms with van der Waals surface area (Å²) in [6.07, 6.45) is 3.15. The first kappa shape index (κ1) is 14.5. The number of rotatable bonds is 2. The Labute approximate surface area is 132 Å². The van der Waals surface area contributed by atoms with Crippen LogP contribution in [0.4, 0.5) is 0 Å². The fourth-order valence-electron chi connectivity index (χ4n) is 2.78. The van der Waals surface area contributed by atoms with Crippen molar-refractivity contribution in [3.05, 3.63) is 22.2 Å². The maximum atomic E-state index is 6.09. The average molecular weight is 362 g/mol. The van der Waals surface area contributed by atoms with Gasteiger partial charge < -0.3 is 14.2 Å². The third-order valence-corrected chi connectivity index (χ3v) is 4.78. The Kier molecular flexibility index (Phi) is 4.74. The van der Waals surface area contributed by atoms with Crippen molar-refractivity contribution in [3.63, 3.8) is 0 Å². The summed E-state index contributed by atoms with van der Waals surface area (Å²) in [4.78, 5) is 0. The molecule has 2 atom stereocenters. The Morgan fingerprint density at radius 1 is 1.15 bits per heavy atom. The molecule has 0 aromatic heterocycles. The molecule has 0 saturated carbocycles. The van der Waals surface area contributed by atoms with Crippen LogP contribution < -0.4 is 9.47 Å². The van der Waals surface area contributed by atoms with Crippen molar-refractivity contribution in [1.82, 2.24) is 0 Å². The van der Waals surface area contributed by atoms with Crippen LogP contribution in [0.3, 0.4) is 0 Å². The monoisotopic (exact) mass is 360 g/mol. The Morgan fingerprint density at radius 3 is 2.85 bits per heavy atom. The predicted molar refractivity (Wildman–Crippen MR) is 81.9 cm³/mol. The number of hydrogen-bond acceptors (Lipinski definition) is 3. The van der Waals surface area contributed by atoms with Gasteiger partial charge in [0.25, 0.3) is 0 Å². The minimum Gasteiger partial charge on any atom is -0.490 e. The van der Waals surface area contributed by atoms with Crippen LogP contribution in [0.2, 0.25) is 0 Å². The summed E-state index contributed by atoms with van der Waals surface area (Å²) in [6.45, 7) is 2.17. The number of fused-ring (bicyclic) bond motifs is 1. The van der Waals surface area contributed by atoms with Crippen LogP contribution in [0.5, 0.6) is 11.5 Å². The van der Waals surface area contributed by atoms with Gasteiger partial charge in [-0.05, 0) is 46.5 Å². The second-order valence-corrected chi connectivity index (χ2v) is 6.39. The summed E-state index contributed by atoms with van der Waals surface area (Å²) in [5.74, 6) is 2.58. The molecule has 1 saturated heterocycles. The molecule has 0 amide bonds. The Balaban J connectivity index is 1.93. The van der Waals surface area contributed by atoms with Crippen molar-refractivity contribution in [3.8, 4) is 11.5 Å². The smallest absolute Gasteiger partial charge is 0.175 e. The maximum absolute atomic E-state index is 6.09.